The third-order valence-electron chi connectivity index (χ3n) is 7.55. The van der Waals surface area contributed by atoms with E-state index in [9.17, 15) is 8.42 Å². The molecule has 37 heavy (non-hydrogen) atoms. The van der Waals surface area contributed by atoms with Crippen LogP contribution in [0.2, 0.25) is 0 Å². The van der Waals surface area contributed by atoms with Crippen LogP contribution in [0, 0.1) is 0 Å². The smallest absolute Gasteiger partial charge is 0.240 e. The molecule has 0 fully saturated rings. The average Bonchev–Trinajstić information content (AvgIpc) is 2.93. The van der Waals surface area contributed by atoms with E-state index in [0.29, 0.717) is 23.4 Å². The van der Waals surface area contributed by atoms with E-state index in [1.165, 1.54) is 16.7 Å². The molecule has 2 N–H and O–H groups in total. The van der Waals surface area contributed by atoms with Crippen molar-refractivity contribution in [2.45, 2.75) is 55.4 Å². The van der Waals surface area contributed by atoms with Crippen molar-refractivity contribution in [1.82, 2.24) is 10.0 Å². The van der Waals surface area contributed by atoms with Gasteiger partial charge in [0.15, 0.2) is 0 Å². The average molecular weight is 513 g/mol. The van der Waals surface area contributed by atoms with E-state index in [-0.39, 0.29) is 0 Å². The number of sulfonamides is 1. The van der Waals surface area contributed by atoms with E-state index in [0.717, 1.165) is 55.8 Å². The molecule has 1 aliphatic rings. The first-order valence-corrected chi connectivity index (χ1v) is 14.9. The largest absolute Gasteiger partial charge is 0.313 e. The molecule has 0 aliphatic heterocycles. The van der Waals surface area contributed by atoms with Gasteiger partial charge in [-0.2, -0.15) is 0 Å². The molecule has 2 unspecified atom stereocenters. The van der Waals surface area contributed by atoms with Gasteiger partial charge in [0.05, 0.1) is 4.90 Å². The van der Waals surface area contributed by atoms with Gasteiger partial charge in [0.2, 0.25) is 10.0 Å². The fourth-order valence-corrected chi connectivity index (χ4v) is 6.66. The molecular formula is C32H36N2O2S. The molecule has 4 aromatic rings. The molecule has 0 saturated heterocycles. The summed E-state index contributed by atoms with van der Waals surface area (Å²) in [4.78, 5) is 0.329. The SMILES string of the molecule is O=S(=O)(NCCCCCNC1CCc2ccccc2C1Cc1ccccc1)c1ccc2ccccc2c1. The standard InChI is InChI=1S/C32H36N2O2S/c35-37(36,29-19-17-26-13-5-6-15-28(26)24-29)34-22-10-2-9-21-33-32-20-18-27-14-7-8-16-30(27)31(32)23-25-11-3-1-4-12-25/h1,3-8,11-17,19,24,31-34H,2,9-10,18,20-23H2. The molecule has 0 radical (unpaired) electrons. The lowest BCUT2D eigenvalue weighted by Crippen LogP contribution is -2.39. The van der Waals surface area contributed by atoms with E-state index in [1.54, 1.807) is 12.1 Å². The molecule has 1 aliphatic carbocycles. The zero-order chi connectivity index (χ0) is 25.5. The van der Waals surface area contributed by atoms with E-state index in [2.05, 4.69) is 64.6 Å². The Hall–Kier alpha value is -2.99. The number of benzene rings is 4. The molecule has 192 valence electrons. The summed E-state index contributed by atoms with van der Waals surface area (Å²) >= 11 is 0. The number of hydrogen-bond donors (Lipinski definition) is 2. The van der Waals surface area contributed by atoms with Crippen LogP contribution in [0.1, 0.15) is 48.3 Å². The van der Waals surface area contributed by atoms with E-state index >= 15 is 0 Å². The van der Waals surface area contributed by atoms with Crippen LogP contribution in [-0.2, 0) is 22.9 Å². The van der Waals surface area contributed by atoms with Crippen molar-refractivity contribution in [1.29, 1.82) is 0 Å². The minimum Gasteiger partial charge on any atom is -0.313 e. The summed E-state index contributed by atoms with van der Waals surface area (Å²) in [5.41, 5.74) is 4.35. The Balaban J connectivity index is 1.09. The van der Waals surface area contributed by atoms with Gasteiger partial charge in [0, 0.05) is 18.5 Å². The maximum absolute atomic E-state index is 12.7. The lowest BCUT2D eigenvalue weighted by atomic mass is 9.76. The normalized spacial score (nSPS) is 17.5. The fourth-order valence-electron chi connectivity index (χ4n) is 5.56. The Morgan fingerprint density at radius 1 is 0.730 bits per heavy atom. The van der Waals surface area contributed by atoms with E-state index in [1.807, 2.05) is 30.3 Å². The molecule has 5 rings (SSSR count). The van der Waals surface area contributed by atoms with Crippen LogP contribution in [-0.4, -0.2) is 27.5 Å². The Bertz CT molecular complexity index is 1420. The third-order valence-corrected chi connectivity index (χ3v) is 9.01. The minimum absolute atomic E-state index is 0.329. The second kappa shape index (κ2) is 12.0. The highest BCUT2D eigenvalue weighted by atomic mass is 32.2. The molecule has 4 nitrogen and oxygen atoms in total. The molecule has 5 heteroatoms. The summed E-state index contributed by atoms with van der Waals surface area (Å²) in [6.07, 6.45) is 6.17. The highest BCUT2D eigenvalue weighted by Crippen LogP contribution is 2.34. The summed E-state index contributed by atoms with van der Waals surface area (Å²) in [6.45, 7) is 1.41. The van der Waals surface area contributed by atoms with Gasteiger partial charge < -0.3 is 5.32 Å². The van der Waals surface area contributed by atoms with Gasteiger partial charge in [-0.1, -0.05) is 91.3 Å². The first kappa shape index (κ1) is 25.7. The van der Waals surface area contributed by atoms with Crippen molar-refractivity contribution < 1.29 is 8.42 Å². The lowest BCUT2D eigenvalue weighted by Gasteiger charge is -2.35. The van der Waals surface area contributed by atoms with E-state index in [4.69, 9.17) is 0 Å². The summed E-state index contributed by atoms with van der Waals surface area (Å²) in [5, 5.41) is 5.82. The zero-order valence-corrected chi connectivity index (χ0v) is 22.1. The van der Waals surface area contributed by atoms with Crippen molar-refractivity contribution in [3.63, 3.8) is 0 Å². The molecule has 0 spiro atoms. The van der Waals surface area contributed by atoms with Crippen molar-refractivity contribution in [2.75, 3.05) is 13.1 Å². The van der Waals surface area contributed by atoms with Crippen LogP contribution in [0.5, 0.6) is 0 Å². The minimum atomic E-state index is -3.49. The maximum Gasteiger partial charge on any atom is 0.240 e. The third kappa shape index (κ3) is 6.48. The summed E-state index contributed by atoms with van der Waals surface area (Å²) < 4.78 is 28.2. The van der Waals surface area contributed by atoms with Crippen molar-refractivity contribution in [3.05, 3.63) is 114 Å². The second-order valence-electron chi connectivity index (χ2n) is 10.1. The van der Waals surface area contributed by atoms with Gasteiger partial charge in [-0.25, -0.2) is 13.1 Å². The Morgan fingerprint density at radius 3 is 2.32 bits per heavy atom. The number of unbranched alkanes of at least 4 members (excludes halogenated alkanes) is 2. The fraction of sp³-hybridized carbons (Fsp3) is 0.312. The van der Waals surface area contributed by atoms with Crippen LogP contribution >= 0.6 is 0 Å². The van der Waals surface area contributed by atoms with Crippen LogP contribution in [0.4, 0.5) is 0 Å². The first-order chi connectivity index (χ1) is 18.1. The van der Waals surface area contributed by atoms with Crippen LogP contribution in [0.25, 0.3) is 10.8 Å². The molecule has 0 bridgehead atoms. The second-order valence-corrected chi connectivity index (χ2v) is 11.8. The van der Waals surface area contributed by atoms with Gasteiger partial charge in [-0.15, -0.1) is 0 Å². The number of aryl methyl sites for hydroxylation is 1. The number of nitrogens with one attached hydrogen (secondary N) is 2. The van der Waals surface area contributed by atoms with Crippen LogP contribution in [0.15, 0.2) is 102 Å². The predicted molar refractivity (Wildman–Crippen MR) is 152 cm³/mol. The van der Waals surface area contributed by atoms with Gasteiger partial charge in [-0.3, -0.25) is 0 Å². The molecule has 0 saturated carbocycles. The Kier molecular flexibility index (Phi) is 8.34. The van der Waals surface area contributed by atoms with E-state index < -0.39 is 10.0 Å². The van der Waals surface area contributed by atoms with Gasteiger partial charge >= 0.3 is 0 Å². The molecule has 4 aromatic carbocycles. The molecular weight excluding hydrogens is 476 g/mol. The predicted octanol–water partition coefficient (Wildman–Crippen LogP) is 6.22. The quantitative estimate of drug-likeness (QED) is 0.235. The zero-order valence-electron chi connectivity index (χ0n) is 21.3. The molecule has 0 aromatic heterocycles. The lowest BCUT2D eigenvalue weighted by molar-refractivity contribution is 0.380. The maximum atomic E-state index is 12.7. The van der Waals surface area contributed by atoms with Crippen molar-refractivity contribution in [3.8, 4) is 0 Å². The van der Waals surface area contributed by atoms with Crippen LogP contribution in [0.3, 0.4) is 0 Å². The number of rotatable bonds is 11. The molecule has 0 heterocycles. The Labute approximate surface area is 221 Å². The van der Waals surface area contributed by atoms with Gasteiger partial charge in [0.1, 0.15) is 0 Å². The summed E-state index contributed by atoms with van der Waals surface area (Å²) in [5.74, 6) is 0.473. The highest BCUT2D eigenvalue weighted by molar-refractivity contribution is 7.89. The van der Waals surface area contributed by atoms with Gasteiger partial charge in [0.25, 0.3) is 0 Å². The highest BCUT2D eigenvalue weighted by Gasteiger charge is 2.29. The molecule has 2 atom stereocenters. The first-order valence-electron chi connectivity index (χ1n) is 13.4. The summed E-state index contributed by atoms with van der Waals surface area (Å²) in [7, 11) is -3.49. The Morgan fingerprint density at radius 2 is 1.46 bits per heavy atom. The summed E-state index contributed by atoms with van der Waals surface area (Å²) in [6, 6.07) is 33.3. The number of fused-ring (bicyclic) bond motifs is 2. The van der Waals surface area contributed by atoms with Gasteiger partial charge in [-0.05, 0) is 78.2 Å². The van der Waals surface area contributed by atoms with Crippen LogP contribution < -0.4 is 10.0 Å². The van der Waals surface area contributed by atoms with Crippen molar-refractivity contribution in [2.24, 2.45) is 0 Å². The van der Waals surface area contributed by atoms with Crippen molar-refractivity contribution >= 4 is 20.8 Å². The molecule has 0 amide bonds. The monoisotopic (exact) mass is 512 g/mol. The topological polar surface area (TPSA) is 58.2 Å². The number of hydrogen-bond acceptors (Lipinski definition) is 3.